The maximum atomic E-state index is 5.45. The molecule has 0 spiro atoms. The zero-order chi connectivity index (χ0) is 12.5. The Kier molecular flexibility index (Phi) is 3.16. The van der Waals surface area contributed by atoms with Crippen molar-refractivity contribution in [2.24, 2.45) is 0 Å². The molecule has 1 fully saturated rings. The van der Waals surface area contributed by atoms with Gasteiger partial charge in [-0.25, -0.2) is 0 Å². The van der Waals surface area contributed by atoms with Gasteiger partial charge in [-0.2, -0.15) is 0 Å². The summed E-state index contributed by atoms with van der Waals surface area (Å²) in [4.78, 5) is 2.20. The van der Waals surface area contributed by atoms with E-state index >= 15 is 0 Å². The molecule has 0 saturated heterocycles. The molecule has 18 heavy (non-hydrogen) atoms. The van der Waals surface area contributed by atoms with Crippen molar-refractivity contribution < 1.29 is 9.47 Å². The molecule has 5 radical (unpaired) electrons. The summed E-state index contributed by atoms with van der Waals surface area (Å²) in [5, 5.41) is 0. The van der Waals surface area contributed by atoms with Crippen LogP contribution >= 0.6 is 0 Å². The molecule has 1 aliphatic carbocycles. The molecule has 0 aromatic heterocycles. The summed E-state index contributed by atoms with van der Waals surface area (Å²) in [7, 11) is 4.17. The maximum absolute atomic E-state index is 5.45. The van der Waals surface area contributed by atoms with Gasteiger partial charge in [0.15, 0.2) is 11.5 Å². The van der Waals surface area contributed by atoms with E-state index in [9.17, 15) is 0 Å². The molecule has 1 saturated carbocycles. The minimum Gasteiger partial charge on any atom is -0.454 e. The van der Waals surface area contributed by atoms with E-state index in [1.165, 1.54) is 11.5 Å². The Balaban J connectivity index is 1.89. The van der Waals surface area contributed by atoms with Crippen molar-refractivity contribution >= 4 is 0 Å². The van der Waals surface area contributed by atoms with Gasteiger partial charge in [-0.3, -0.25) is 0 Å². The molecule has 93 valence electrons. The zero-order valence-electron chi connectivity index (χ0n) is 10.6. The maximum Gasteiger partial charge on any atom is 0.231 e. The number of rotatable bonds is 3. The van der Waals surface area contributed by atoms with Crippen LogP contribution in [0.1, 0.15) is 11.6 Å². The van der Waals surface area contributed by atoms with E-state index in [1.807, 2.05) is 6.07 Å². The van der Waals surface area contributed by atoms with Gasteiger partial charge in [0.2, 0.25) is 6.79 Å². The van der Waals surface area contributed by atoms with Crippen LogP contribution in [0.4, 0.5) is 0 Å². The first-order valence-corrected chi connectivity index (χ1v) is 6.03. The van der Waals surface area contributed by atoms with Gasteiger partial charge in [0.25, 0.3) is 0 Å². The summed E-state index contributed by atoms with van der Waals surface area (Å²) in [6.07, 6.45) is 8.43. The van der Waals surface area contributed by atoms with Gasteiger partial charge in [-0.1, -0.05) is 6.07 Å². The van der Waals surface area contributed by atoms with Gasteiger partial charge in [-0.05, 0) is 57.5 Å². The number of benzene rings is 1. The van der Waals surface area contributed by atoms with Crippen molar-refractivity contribution in [1.29, 1.82) is 0 Å². The molecular formula is C15H16NO2. The largest absolute Gasteiger partial charge is 0.454 e. The number of ether oxygens (including phenoxy) is 2. The van der Waals surface area contributed by atoms with Crippen molar-refractivity contribution in [3.8, 4) is 11.5 Å². The zero-order valence-corrected chi connectivity index (χ0v) is 10.6. The fourth-order valence-corrected chi connectivity index (χ4v) is 2.44. The normalized spacial score (nSPS) is 20.6. The lowest BCUT2D eigenvalue weighted by atomic mass is 9.90. The number of fused-ring (bicyclic) bond motifs is 1. The Hall–Kier alpha value is -1.22. The summed E-state index contributed by atoms with van der Waals surface area (Å²) in [5.41, 5.74) is 1.22. The van der Waals surface area contributed by atoms with E-state index in [1.54, 1.807) is 0 Å². The number of hydrogen-bond donors (Lipinski definition) is 0. The van der Waals surface area contributed by atoms with Crippen molar-refractivity contribution in [1.82, 2.24) is 4.90 Å². The molecule has 3 nitrogen and oxygen atoms in total. The Morgan fingerprint density at radius 1 is 1.06 bits per heavy atom. The average molecular weight is 242 g/mol. The lowest BCUT2D eigenvalue weighted by Crippen LogP contribution is -2.25. The fraction of sp³-hybridized carbons (Fsp3) is 0.267. The van der Waals surface area contributed by atoms with Crippen LogP contribution in [0.2, 0.25) is 0 Å². The van der Waals surface area contributed by atoms with Crippen LogP contribution in [0.3, 0.4) is 0 Å². The van der Waals surface area contributed by atoms with Gasteiger partial charge in [0, 0.05) is 12.0 Å². The molecule has 1 atom stereocenters. The Bertz CT molecular complexity index is 425. The first kappa shape index (κ1) is 11.8. The third kappa shape index (κ3) is 2.07. The lowest BCUT2D eigenvalue weighted by Gasteiger charge is -2.29. The molecule has 0 N–H and O–H groups in total. The van der Waals surface area contributed by atoms with E-state index in [-0.39, 0.29) is 6.04 Å². The van der Waals surface area contributed by atoms with E-state index < -0.39 is 0 Å². The predicted molar refractivity (Wildman–Crippen MR) is 69.4 cm³/mol. The highest BCUT2D eigenvalue weighted by atomic mass is 16.7. The van der Waals surface area contributed by atoms with Crippen LogP contribution in [0, 0.1) is 31.6 Å². The Morgan fingerprint density at radius 3 is 2.50 bits per heavy atom. The summed E-state index contributed by atoms with van der Waals surface area (Å²) < 4.78 is 10.8. The summed E-state index contributed by atoms with van der Waals surface area (Å²) in [6.45, 7) is 0.321. The monoisotopic (exact) mass is 242 g/mol. The third-order valence-corrected chi connectivity index (χ3v) is 3.23. The van der Waals surface area contributed by atoms with Crippen LogP contribution in [-0.4, -0.2) is 25.8 Å². The van der Waals surface area contributed by atoms with Gasteiger partial charge in [-0.15, -0.1) is 0 Å². The minimum atomic E-state index is 0.245. The van der Waals surface area contributed by atoms with Crippen LogP contribution in [0.25, 0.3) is 0 Å². The van der Waals surface area contributed by atoms with Crippen molar-refractivity contribution in [3.63, 3.8) is 0 Å². The molecule has 3 heteroatoms. The molecule has 1 unspecified atom stereocenters. The highest BCUT2D eigenvalue weighted by Crippen LogP contribution is 2.41. The molecule has 1 aromatic rings. The fourth-order valence-electron chi connectivity index (χ4n) is 2.44. The van der Waals surface area contributed by atoms with E-state index in [4.69, 9.17) is 9.47 Å². The lowest BCUT2D eigenvalue weighted by molar-refractivity contribution is 0.174. The van der Waals surface area contributed by atoms with Crippen molar-refractivity contribution in [3.05, 3.63) is 55.4 Å². The predicted octanol–water partition coefficient (Wildman–Crippen LogP) is 2.42. The van der Waals surface area contributed by atoms with Crippen LogP contribution in [0.5, 0.6) is 11.5 Å². The summed E-state index contributed by atoms with van der Waals surface area (Å²) >= 11 is 0. The second-order valence-corrected chi connectivity index (χ2v) is 4.70. The van der Waals surface area contributed by atoms with E-state index in [0.29, 0.717) is 6.79 Å². The topological polar surface area (TPSA) is 21.7 Å². The number of nitrogens with zero attached hydrogens (tertiary/aromatic N) is 1. The highest BCUT2D eigenvalue weighted by Gasteiger charge is 2.30. The first-order valence-electron chi connectivity index (χ1n) is 6.03. The smallest absolute Gasteiger partial charge is 0.231 e. The standard InChI is InChI=1S/C15H16NO2/c1-16(2)15(11-5-3-4-6-11)12-7-8-13-14(9-12)18-10-17-13/h3-9,15H,10H2,1-2H3. The van der Waals surface area contributed by atoms with E-state index in [2.05, 4.69) is 56.8 Å². The minimum absolute atomic E-state index is 0.245. The Labute approximate surface area is 109 Å². The SMILES string of the molecule is CN(C)C([C]1[CH][CH][CH][CH]1)c1ccc2c(c1)OCO2. The third-order valence-electron chi connectivity index (χ3n) is 3.23. The molecule has 0 amide bonds. The molecule has 1 aromatic carbocycles. The Morgan fingerprint density at radius 2 is 1.78 bits per heavy atom. The second kappa shape index (κ2) is 4.81. The summed E-state index contributed by atoms with van der Waals surface area (Å²) in [6, 6.07) is 6.40. The van der Waals surface area contributed by atoms with E-state index in [0.717, 1.165) is 11.5 Å². The van der Waals surface area contributed by atoms with Gasteiger partial charge in [0.1, 0.15) is 0 Å². The molecule has 1 heterocycles. The van der Waals surface area contributed by atoms with Crippen LogP contribution in [-0.2, 0) is 0 Å². The first-order chi connectivity index (χ1) is 8.75. The molecule has 3 rings (SSSR count). The second-order valence-electron chi connectivity index (χ2n) is 4.70. The average Bonchev–Trinajstić information content (AvgIpc) is 2.98. The van der Waals surface area contributed by atoms with Gasteiger partial charge < -0.3 is 14.4 Å². The van der Waals surface area contributed by atoms with Gasteiger partial charge >= 0.3 is 0 Å². The van der Waals surface area contributed by atoms with Crippen LogP contribution in [0.15, 0.2) is 18.2 Å². The van der Waals surface area contributed by atoms with Crippen molar-refractivity contribution in [2.45, 2.75) is 6.04 Å². The number of hydrogen-bond acceptors (Lipinski definition) is 3. The molecular weight excluding hydrogens is 226 g/mol. The van der Waals surface area contributed by atoms with Gasteiger partial charge in [0.05, 0.1) is 0 Å². The molecule has 1 aliphatic heterocycles. The molecule has 2 aliphatic rings. The molecule has 0 bridgehead atoms. The van der Waals surface area contributed by atoms with Crippen molar-refractivity contribution in [2.75, 3.05) is 20.9 Å². The summed E-state index contributed by atoms with van der Waals surface area (Å²) in [5.74, 6) is 2.96. The van der Waals surface area contributed by atoms with Crippen LogP contribution < -0.4 is 9.47 Å². The quantitative estimate of drug-likeness (QED) is 0.812. The highest BCUT2D eigenvalue weighted by molar-refractivity contribution is 5.49.